The molecule has 0 aliphatic carbocycles. The number of aryl methyl sites for hydroxylation is 2. The molecule has 11 nitrogen and oxygen atoms in total. The van der Waals surface area contributed by atoms with Crippen molar-refractivity contribution in [2.75, 3.05) is 36.5 Å². The van der Waals surface area contributed by atoms with Gasteiger partial charge in [0.1, 0.15) is 17.3 Å². The quantitative estimate of drug-likeness (QED) is 0.315. The molecule has 1 unspecified atom stereocenters. The zero-order valence-corrected chi connectivity index (χ0v) is 21.2. The third kappa shape index (κ3) is 4.30. The molecule has 11 heteroatoms. The highest BCUT2D eigenvalue weighted by molar-refractivity contribution is 5.97. The molecule has 0 bridgehead atoms. The number of nitrogens with zero attached hydrogens (tertiary/aromatic N) is 6. The first-order valence-corrected chi connectivity index (χ1v) is 12.6. The van der Waals surface area contributed by atoms with Crippen molar-refractivity contribution in [1.29, 1.82) is 0 Å². The molecule has 1 saturated heterocycles. The van der Waals surface area contributed by atoms with Crippen LogP contribution in [0.4, 0.5) is 11.4 Å². The average Bonchev–Trinajstić information content (AvgIpc) is 3.49. The lowest BCUT2D eigenvalue weighted by molar-refractivity contribution is 0.122. The zero-order valence-electron chi connectivity index (χ0n) is 21.2. The molecular formula is C26H31N9O2. The van der Waals surface area contributed by atoms with Crippen molar-refractivity contribution < 1.29 is 9.84 Å². The number of aliphatic hydroxyl groups excluding tert-OH is 1. The number of nitrogens with one attached hydrogen (secondary N) is 3. The Morgan fingerprint density at radius 1 is 1.22 bits per heavy atom. The van der Waals surface area contributed by atoms with E-state index in [1.807, 2.05) is 13.2 Å². The van der Waals surface area contributed by atoms with E-state index in [4.69, 9.17) is 9.72 Å². The van der Waals surface area contributed by atoms with E-state index in [9.17, 15) is 5.11 Å². The molecule has 0 spiro atoms. The van der Waals surface area contributed by atoms with E-state index in [1.165, 1.54) is 5.56 Å². The van der Waals surface area contributed by atoms with Crippen LogP contribution in [0.5, 0.6) is 0 Å². The summed E-state index contributed by atoms with van der Waals surface area (Å²) in [5.74, 6) is 1.26. The molecule has 0 amide bonds. The summed E-state index contributed by atoms with van der Waals surface area (Å²) in [6.07, 6.45) is 5.08. The number of benzene rings is 1. The minimum atomic E-state index is -0.992. The molecule has 2 aliphatic rings. The van der Waals surface area contributed by atoms with Crippen LogP contribution in [0.1, 0.15) is 42.3 Å². The average molecular weight is 502 g/mol. The number of H-pyrrole nitrogens is 1. The molecule has 1 fully saturated rings. The second-order valence-corrected chi connectivity index (χ2v) is 9.45. The van der Waals surface area contributed by atoms with Gasteiger partial charge in [0, 0.05) is 44.4 Å². The normalized spacial score (nSPS) is 18.6. The zero-order chi connectivity index (χ0) is 25.5. The summed E-state index contributed by atoms with van der Waals surface area (Å²) in [7, 11) is 1.86. The fraction of sp³-hybridized carbons (Fsp3) is 0.385. The Labute approximate surface area is 214 Å². The van der Waals surface area contributed by atoms with E-state index < -0.39 is 6.23 Å². The van der Waals surface area contributed by atoms with E-state index in [1.54, 1.807) is 23.1 Å². The Balaban J connectivity index is 1.47. The number of aliphatic hydroxyl groups is 1. The molecule has 192 valence electrons. The third-order valence-electron chi connectivity index (χ3n) is 6.93. The maximum Gasteiger partial charge on any atom is 0.156 e. The van der Waals surface area contributed by atoms with E-state index in [0.717, 1.165) is 55.1 Å². The largest absolute Gasteiger partial charge is 0.378 e. The number of anilines is 2. The highest BCUT2D eigenvalue weighted by Gasteiger charge is 2.32. The Morgan fingerprint density at radius 3 is 2.76 bits per heavy atom. The fourth-order valence-electron chi connectivity index (χ4n) is 5.10. The van der Waals surface area contributed by atoms with Crippen molar-refractivity contribution in [2.45, 2.75) is 32.5 Å². The lowest BCUT2D eigenvalue weighted by Gasteiger charge is -2.30. The Hall–Kier alpha value is -3.96. The maximum absolute atomic E-state index is 11.3. The highest BCUT2D eigenvalue weighted by atomic mass is 16.5. The van der Waals surface area contributed by atoms with E-state index >= 15 is 0 Å². The summed E-state index contributed by atoms with van der Waals surface area (Å²) < 4.78 is 7.26. The molecule has 6 rings (SSSR count). The van der Waals surface area contributed by atoms with Gasteiger partial charge >= 0.3 is 0 Å². The van der Waals surface area contributed by atoms with E-state index in [-0.39, 0.29) is 6.04 Å². The van der Waals surface area contributed by atoms with Crippen molar-refractivity contribution in [3.05, 3.63) is 59.7 Å². The summed E-state index contributed by atoms with van der Waals surface area (Å²) in [4.78, 5) is 19.6. The van der Waals surface area contributed by atoms with Gasteiger partial charge in [0.15, 0.2) is 6.23 Å². The third-order valence-corrected chi connectivity index (χ3v) is 6.93. The molecule has 0 saturated carbocycles. The predicted octanol–water partition coefficient (Wildman–Crippen LogP) is 2.58. The van der Waals surface area contributed by atoms with Gasteiger partial charge in [-0.05, 0) is 37.1 Å². The van der Waals surface area contributed by atoms with Gasteiger partial charge in [0.05, 0.1) is 47.2 Å². The van der Waals surface area contributed by atoms with Crippen LogP contribution >= 0.6 is 0 Å². The van der Waals surface area contributed by atoms with Crippen molar-refractivity contribution in [3.8, 4) is 0 Å². The minimum absolute atomic E-state index is 0.175. The number of aromatic nitrogens is 6. The Morgan fingerprint density at radius 2 is 2.00 bits per heavy atom. The van der Waals surface area contributed by atoms with Crippen LogP contribution in [-0.4, -0.2) is 67.4 Å². The van der Waals surface area contributed by atoms with E-state index in [2.05, 4.69) is 61.6 Å². The number of hydrogen-bond acceptors (Lipinski definition) is 9. The van der Waals surface area contributed by atoms with Crippen LogP contribution in [0.2, 0.25) is 0 Å². The molecule has 4 N–H and O–H groups in total. The van der Waals surface area contributed by atoms with Crippen molar-refractivity contribution >= 4 is 33.7 Å². The van der Waals surface area contributed by atoms with Crippen LogP contribution in [0, 0.1) is 6.92 Å². The van der Waals surface area contributed by atoms with Gasteiger partial charge in [-0.25, -0.2) is 15.0 Å². The number of rotatable bonds is 6. The standard InChI is InChI=1S/C26H31N9O2/c1-4-16(24-27-6-5-7-28-24)29-23-21(26(36)32-19-14-34(3)33-22(19)23)25-30-17-12-15(2)20(13-18(17)31-25)35-8-10-37-11-9-35/h5-7,12-14,16,26,29,32,36H,4,8-11H2,1-3H3,(H,30,31)/t16-,26?/m0/s1. The molecule has 0 radical (unpaired) electrons. The number of imidazole rings is 1. The monoisotopic (exact) mass is 501 g/mol. The number of aromatic amines is 1. The summed E-state index contributed by atoms with van der Waals surface area (Å²) in [5, 5.41) is 22.7. The number of fused-ring (bicyclic) bond motifs is 2. The van der Waals surface area contributed by atoms with Gasteiger partial charge in [0.2, 0.25) is 0 Å². The first-order chi connectivity index (χ1) is 18.0. The Bertz CT molecular complexity index is 1450. The molecule has 2 aliphatic heterocycles. The SMILES string of the molecule is CC[C@H](NC1=C(c2nc3cc(N4CCOCC4)c(C)cc3[nH]2)C(O)Nc2cn(C)nc21)c1ncccn1. The number of morpholine rings is 1. The molecule has 3 aromatic heterocycles. The molecule has 2 atom stereocenters. The first kappa shape index (κ1) is 23.4. The van der Waals surface area contributed by atoms with Crippen LogP contribution in [0.15, 0.2) is 36.8 Å². The second kappa shape index (κ2) is 9.49. The van der Waals surface area contributed by atoms with Crippen LogP contribution in [0.3, 0.4) is 0 Å². The van der Waals surface area contributed by atoms with E-state index in [0.29, 0.717) is 28.6 Å². The summed E-state index contributed by atoms with van der Waals surface area (Å²) in [5.41, 5.74) is 6.82. The van der Waals surface area contributed by atoms with Crippen molar-refractivity contribution in [2.24, 2.45) is 7.05 Å². The number of hydrogen-bond donors (Lipinski definition) is 4. The van der Waals surface area contributed by atoms with Crippen LogP contribution in [-0.2, 0) is 11.8 Å². The lowest BCUT2D eigenvalue weighted by atomic mass is 10.0. The van der Waals surface area contributed by atoms with Gasteiger partial charge in [-0.1, -0.05) is 6.92 Å². The van der Waals surface area contributed by atoms with Crippen LogP contribution < -0.4 is 15.5 Å². The maximum atomic E-state index is 11.3. The van der Waals surface area contributed by atoms with Gasteiger partial charge in [-0.2, -0.15) is 5.10 Å². The topological polar surface area (TPSA) is 129 Å². The summed E-state index contributed by atoms with van der Waals surface area (Å²) in [6.45, 7) is 7.34. The smallest absolute Gasteiger partial charge is 0.156 e. The van der Waals surface area contributed by atoms with Crippen LogP contribution in [0.25, 0.3) is 22.3 Å². The molecule has 5 heterocycles. The minimum Gasteiger partial charge on any atom is -0.378 e. The highest BCUT2D eigenvalue weighted by Crippen LogP contribution is 2.37. The molecule has 4 aromatic rings. The van der Waals surface area contributed by atoms with Gasteiger partial charge in [-0.15, -0.1) is 0 Å². The van der Waals surface area contributed by atoms with Gasteiger partial charge in [-0.3, -0.25) is 4.68 Å². The second-order valence-electron chi connectivity index (χ2n) is 9.45. The molecule has 37 heavy (non-hydrogen) atoms. The first-order valence-electron chi connectivity index (χ1n) is 12.6. The summed E-state index contributed by atoms with van der Waals surface area (Å²) in [6, 6.07) is 5.86. The number of ether oxygens (including phenoxy) is 1. The fourth-order valence-corrected chi connectivity index (χ4v) is 5.10. The molecule has 1 aromatic carbocycles. The van der Waals surface area contributed by atoms with Gasteiger partial charge < -0.3 is 30.4 Å². The van der Waals surface area contributed by atoms with Crippen molar-refractivity contribution in [3.63, 3.8) is 0 Å². The summed E-state index contributed by atoms with van der Waals surface area (Å²) >= 11 is 0. The molecular weight excluding hydrogens is 470 g/mol. The Kier molecular flexibility index (Phi) is 6.01. The lowest BCUT2D eigenvalue weighted by Crippen LogP contribution is -2.36. The predicted molar refractivity (Wildman–Crippen MR) is 142 cm³/mol. The van der Waals surface area contributed by atoms with Crippen molar-refractivity contribution in [1.82, 2.24) is 35.0 Å². The van der Waals surface area contributed by atoms with Gasteiger partial charge in [0.25, 0.3) is 0 Å².